The SMILES string of the molecule is CS(=O)(=O)N1CCc2cc(C(=O)N3CCCC3c3ccncc3)ccc21. The second-order valence-electron chi connectivity index (χ2n) is 6.87. The third-order valence-corrected chi connectivity index (χ3v) is 6.36. The highest BCUT2D eigenvalue weighted by molar-refractivity contribution is 7.92. The van der Waals surface area contributed by atoms with Gasteiger partial charge in [0.15, 0.2) is 0 Å². The number of rotatable bonds is 3. The number of benzene rings is 1. The fourth-order valence-electron chi connectivity index (χ4n) is 3.96. The minimum absolute atomic E-state index is 0.00455. The summed E-state index contributed by atoms with van der Waals surface area (Å²) in [5, 5.41) is 0. The molecule has 1 atom stereocenters. The van der Waals surface area contributed by atoms with Crippen LogP contribution in [0.3, 0.4) is 0 Å². The Bertz CT molecular complexity index is 944. The molecule has 1 aromatic carbocycles. The van der Waals surface area contributed by atoms with E-state index in [1.165, 1.54) is 10.6 Å². The highest BCUT2D eigenvalue weighted by atomic mass is 32.2. The van der Waals surface area contributed by atoms with Crippen molar-refractivity contribution in [2.75, 3.05) is 23.7 Å². The quantitative estimate of drug-likeness (QED) is 0.831. The number of fused-ring (bicyclic) bond motifs is 1. The molecule has 0 spiro atoms. The molecule has 0 saturated carbocycles. The van der Waals surface area contributed by atoms with Gasteiger partial charge in [-0.3, -0.25) is 14.1 Å². The normalized spacial score (nSPS) is 19.7. The molecule has 2 aromatic rings. The minimum Gasteiger partial charge on any atom is -0.332 e. The zero-order chi connectivity index (χ0) is 18.3. The van der Waals surface area contributed by atoms with Crippen LogP contribution < -0.4 is 4.31 Å². The Kier molecular flexibility index (Phi) is 4.19. The first kappa shape index (κ1) is 17.0. The van der Waals surface area contributed by atoms with Gasteiger partial charge in [0.2, 0.25) is 10.0 Å². The van der Waals surface area contributed by atoms with Crippen LogP contribution in [-0.2, 0) is 16.4 Å². The Morgan fingerprint density at radius 2 is 1.92 bits per heavy atom. The second-order valence-corrected chi connectivity index (χ2v) is 8.77. The maximum atomic E-state index is 13.1. The van der Waals surface area contributed by atoms with E-state index in [-0.39, 0.29) is 11.9 Å². The molecule has 0 aliphatic carbocycles. The zero-order valence-corrected chi connectivity index (χ0v) is 15.4. The van der Waals surface area contributed by atoms with Crippen LogP contribution in [0.15, 0.2) is 42.7 Å². The van der Waals surface area contributed by atoms with Crippen LogP contribution in [-0.4, -0.2) is 43.6 Å². The summed E-state index contributed by atoms with van der Waals surface area (Å²) in [4.78, 5) is 19.1. The average Bonchev–Trinajstić information content (AvgIpc) is 3.28. The summed E-state index contributed by atoms with van der Waals surface area (Å²) in [5.41, 5.74) is 3.34. The van der Waals surface area contributed by atoms with Crippen LogP contribution in [0.1, 0.15) is 40.4 Å². The third-order valence-electron chi connectivity index (χ3n) is 5.18. The number of amides is 1. The van der Waals surface area contributed by atoms with E-state index in [1.807, 2.05) is 23.1 Å². The summed E-state index contributed by atoms with van der Waals surface area (Å²) in [6, 6.07) is 9.35. The number of likely N-dealkylation sites (tertiary alicyclic amines) is 1. The van der Waals surface area contributed by atoms with Gasteiger partial charge in [0.05, 0.1) is 18.0 Å². The van der Waals surface area contributed by atoms with Crippen molar-refractivity contribution in [2.45, 2.75) is 25.3 Å². The van der Waals surface area contributed by atoms with E-state index < -0.39 is 10.0 Å². The van der Waals surface area contributed by atoms with Crippen molar-refractivity contribution in [3.63, 3.8) is 0 Å². The van der Waals surface area contributed by atoms with Crippen LogP contribution in [0.2, 0.25) is 0 Å². The fraction of sp³-hybridized carbons (Fsp3) is 0.368. The van der Waals surface area contributed by atoms with Crippen molar-refractivity contribution < 1.29 is 13.2 Å². The number of pyridine rings is 1. The lowest BCUT2D eigenvalue weighted by Gasteiger charge is -2.25. The molecule has 26 heavy (non-hydrogen) atoms. The van der Waals surface area contributed by atoms with Gasteiger partial charge in [0, 0.05) is 31.0 Å². The molecule has 1 unspecified atom stereocenters. The highest BCUT2D eigenvalue weighted by Crippen LogP contribution is 2.35. The molecule has 6 nitrogen and oxygen atoms in total. The van der Waals surface area contributed by atoms with Gasteiger partial charge in [-0.15, -0.1) is 0 Å². The summed E-state index contributed by atoms with van der Waals surface area (Å²) in [5.74, 6) is 0.00455. The number of hydrogen-bond donors (Lipinski definition) is 0. The van der Waals surface area contributed by atoms with Gasteiger partial charge in [-0.2, -0.15) is 0 Å². The van der Waals surface area contributed by atoms with E-state index in [1.54, 1.807) is 24.5 Å². The lowest BCUT2D eigenvalue weighted by atomic mass is 10.0. The van der Waals surface area contributed by atoms with Crippen molar-refractivity contribution in [3.8, 4) is 0 Å². The number of sulfonamides is 1. The summed E-state index contributed by atoms with van der Waals surface area (Å²) in [6.45, 7) is 1.17. The summed E-state index contributed by atoms with van der Waals surface area (Å²) < 4.78 is 25.1. The first-order valence-corrected chi connectivity index (χ1v) is 10.6. The van der Waals surface area contributed by atoms with Crippen molar-refractivity contribution in [1.29, 1.82) is 0 Å². The van der Waals surface area contributed by atoms with Crippen molar-refractivity contribution in [2.24, 2.45) is 0 Å². The molecule has 4 rings (SSSR count). The Hall–Kier alpha value is -2.41. The molecule has 136 valence electrons. The molecular formula is C19H21N3O3S. The van der Waals surface area contributed by atoms with E-state index in [0.717, 1.165) is 30.5 Å². The molecule has 2 aliphatic heterocycles. The van der Waals surface area contributed by atoms with Crippen LogP contribution in [0.4, 0.5) is 5.69 Å². The molecule has 0 bridgehead atoms. The average molecular weight is 371 g/mol. The highest BCUT2D eigenvalue weighted by Gasteiger charge is 2.32. The summed E-state index contributed by atoms with van der Waals surface area (Å²) >= 11 is 0. The van der Waals surface area contributed by atoms with Crippen molar-refractivity contribution >= 4 is 21.6 Å². The van der Waals surface area contributed by atoms with Crippen molar-refractivity contribution in [3.05, 3.63) is 59.4 Å². The van der Waals surface area contributed by atoms with Gasteiger partial charge in [-0.25, -0.2) is 8.42 Å². The van der Waals surface area contributed by atoms with Gasteiger partial charge < -0.3 is 4.90 Å². The molecule has 0 radical (unpaired) electrons. The smallest absolute Gasteiger partial charge is 0.254 e. The first-order valence-electron chi connectivity index (χ1n) is 8.77. The second kappa shape index (κ2) is 6.39. The zero-order valence-electron chi connectivity index (χ0n) is 14.6. The van der Waals surface area contributed by atoms with Gasteiger partial charge in [-0.1, -0.05) is 0 Å². The minimum atomic E-state index is -3.28. The summed E-state index contributed by atoms with van der Waals surface area (Å²) in [6.07, 6.45) is 7.28. The number of carbonyl (C=O) groups excluding carboxylic acids is 1. The van der Waals surface area contributed by atoms with Gasteiger partial charge in [-0.05, 0) is 60.7 Å². The van der Waals surface area contributed by atoms with E-state index in [0.29, 0.717) is 24.2 Å². The Morgan fingerprint density at radius 3 is 2.65 bits per heavy atom. The van der Waals surface area contributed by atoms with Gasteiger partial charge >= 0.3 is 0 Å². The Balaban J connectivity index is 1.61. The van der Waals surface area contributed by atoms with E-state index in [2.05, 4.69) is 4.98 Å². The molecule has 1 amide bonds. The van der Waals surface area contributed by atoms with E-state index in [4.69, 9.17) is 0 Å². The number of hydrogen-bond acceptors (Lipinski definition) is 4. The molecule has 1 aromatic heterocycles. The Labute approximate surface area is 153 Å². The van der Waals surface area contributed by atoms with E-state index in [9.17, 15) is 13.2 Å². The van der Waals surface area contributed by atoms with Crippen LogP contribution >= 0.6 is 0 Å². The Morgan fingerprint density at radius 1 is 1.15 bits per heavy atom. The molecule has 3 heterocycles. The first-order chi connectivity index (χ1) is 12.4. The fourth-order valence-corrected chi connectivity index (χ4v) is 4.92. The summed E-state index contributed by atoms with van der Waals surface area (Å²) in [7, 11) is -3.28. The lowest BCUT2D eigenvalue weighted by Crippen LogP contribution is -2.30. The number of anilines is 1. The number of carbonyl (C=O) groups is 1. The molecule has 0 N–H and O–H groups in total. The third kappa shape index (κ3) is 2.96. The van der Waals surface area contributed by atoms with Gasteiger partial charge in [0.1, 0.15) is 0 Å². The monoisotopic (exact) mass is 371 g/mol. The van der Waals surface area contributed by atoms with E-state index >= 15 is 0 Å². The predicted molar refractivity (Wildman–Crippen MR) is 99.6 cm³/mol. The molecule has 1 fully saturated rings. The number of nitrogens with zero attached hydrogens (tertiary/aromatic N) is 3. The van der Waals surface area contributed by atoms with Gasteiger partial charge in [0.25, 0.3) is 5.91 Å². The van der Waals surface area contributed by atoms with Crippen LogP contribution in [0, 0.1) is 0 Å². The maximum absolute atomic E-state index is 13.1. The predicted octanol–water partition coefficient (Wildman–Crippen LogP) is 2.38. The van der Waals surface area contributed by atoms with Crippen molar-refractivity contribution in [1.82, 2.24) is 9.88 Å². The topological polar surface area (TPSA) is 70.6 Å². The molecular weight excluding hydrogens is 350 g/mol. The standard InChI is InChI=1S/C19H21N3O3S/c1-26(24,25)22-12-8-15-13-16(4-5-18(15)22)19(23)21-11-2-3-17(21)14-6-9-20-10-7-14/h4-7,9-10,13,17H,2-3,8,11-12H2,1H3. The molecule has 1 saturated heterocycles. The van der Waals surface area contributed by atoms with Crippen LogP contribution in [0.5, 0.6) is 0 Å². The molecule has 2 aliphatic rings. The largest absolute Gasteiger partial charge is 0.332 e. The molecule has 7 heteroatoms. The lowest BCUT2D eigenvalue weighted by molar-refractivity contribution is 0.0735. The number of aromatic nitrogens is 1. The maximum Gasteiger partial charge on any atom is 0.254 e. The van der Waals surface area contributed by atoms with Crippen LogP contribution in [0.25, 0.3) is 0 Å².